The molecule has 0 aliphatic carbocycles. The number of aromatic nitrogens is 2. The van der Waals surface area contributed by atoms with Gasteiger partial charge in [0.1, 0.15) is 48.8 Å². The van der Waals surface area contributed by atoms with Gasteiger partial charge in [-0.1, -0.05) is 97.1 Å². The maximum atomic E-state index is 15.1. The second-order valence-corrected chi connectivity index (χ2v) is 20.8. The number of nitrogens with two attached hydrogens (primary N) is 3. The lowest BCUT2D eigenvalue weighted by Gasteiger charge is -2.32. The maximum absolute atomic E-state index is 15.1. The Hall–Kier alpha value is -8.23. The summed E-state index contributed by atoms with van der Waals surface area (Å²) in [6.07, 6.45) is 1.87. The molecule has 25 heteroatoms. The molecular weight excluding hydrogens is 1100 g/mol. The summed E-state index contributed by atoms with van der Waals surface area (Å²) in [7, 11) is 0. The number of hydrogen-bond donors (Lipinski definition) is 15. The highest BCUT2D eigenvalue weighted by atomic mass is 32.1. The number of fused-ring (bicyclic) bond motifs is 2. The molecule has 0 radical (unpaired) electrons. The molecule has 0 fully saturated rings. The summed E-state index contributed by atoms with van der Waals surface area (Å²) in [6.45, 7) is 0.566. The van der Waals surface area contributed by atoms with E-state index in [1.807, 2.05) is 42.5 Å². The van der Waals surface area contributed by atoms with E-state index in [-0.39, 0.29) is 50.8 Å². The summed E-state index contributed by atoms with van der Waals surface area (Å²) in [6, 6.07) is 20.2. The normalized spacial score (nSPS) is 14.5. The Balaban J connectivity index is 1.32. The highest BCUT2D eigenvalue weighted by Gasteiger charge is 2.39. The van der Waals surface area contributed by atoms with Crippen LogP contribution in [0.15, 0.2) is 122 Å². The molecule has 2 heterocycles. The highest BCUT2D eigenvalue weighted by molar-refractivity contribution is 7.80. The molecule has 16 N–H and O–H groups in total. The predicted molar refractivity (Wildman–Crippen MR) is 318 cm³/mol. The molecule has 0 unspecified atom stereocenters. The summed E-state index contributed by atoms with van der Waals surface area (Å²) >= 11 is 8.24. The van der Waals surface area contributed by atoms with E-state index >= 15 is 9.59 Å². The van der Waals surface area contributed by atoms with E-state index in [1.165, 1.54) is 6.92 Å². The zero-order valence-corrected chi connectivity index (χ0v) is 47.5. The highest BCUT2D eigenvalue weighted by Crippen LogP contribution is 2.22. The molecule has 0 bridgehead atoms. The van der Waals surface area contributed by atoms with E-state index in [4.69, 9.17) is 17.2 Å². The quantitative estimate of drug-likeness (QED) is 0.0200. The average molecular weight is 1180 g/mol. The first-order valence-electron chi connectivity index (χ1n) is 27.0. The van der Waals surface area contributed by atoms with Gasteiger partial charge in [-0.2, -0.15) is 25.3 Å². The van der Waals surface area contributed by atoms with Crippen molar-refractivity contribution in [3.63, 3.8) is 0 Å². The van der Waals surface area contributed by atoms with Crippen LogP contribution in [0.1, 0.15) is 48.4 Å². The molecule has 0 spiro atoms. The minimum Gasteiger partial charge on any atom is -0.480 e. The first kappa shape index (κ1) is 63.9. The lowest BCUT2D eigenvalue weighted by Crippen LogP contribution is -2.62. The predicted octanol–water partition coefficient (Wildman–Crippen LogP) is 0.292. The number of carboxylic acids is 1. The molecule has 0 aliphatic heterocycles. The Morgan fingerprint density at radius 2 is 0.988 bits per heavy atom. The van der Waals surface area contributed by atoms with Crippen molar-refractivity contribution in [3.8, 4) is 0 Å². The number of hydrogen-bond acceptors (Lipinski definition) is 14. The molecule has 0 saturated heterocycles. The smallest absolute Gasteiger partial charge is 0.327 e. The van der Waals surface area contributed by atoms with Gasteiger partial charge in [0.25, 0.3) is 0 Å². The molecule has 9 atom stereocenters. The van der Waals surface area contributed by atoms with Crippen molar-refractivity contribution in [1.29, 1.82) is 0 Å². The van der Waals surface area contributed by atoms with E-state index in [9.17, 15) is 43.8 Å². The number of unbranched alkanes of at least 4 members (excludes halogenated alkanes) is 1. The molecule has 4 aromatic carbocycles. The molecule has 0 aliphatic rings. The summed E-state index contributed by atoms with van der Waals surface area (Å²) in [4.78, 5) is 133. The Bertz CT molecular complexity index is 3200. The van der Waals surface area contributed by atoms with Gasteiger partial charge in [0.2, 0.25) is 47.3 Å². The molecule has 0 saturated carbocycles. The number of carboxylic acid groups (broad SMARTS) is 1. The van der Waals surface area contributed by atoms with Crippen molar-refractivity contribution in [2.45, 2.75) is 106 Å². The summed E-state index contributed by atoms with van der Waals surface area (Å²) in [5.74, 6) is -9.12. The second-order valence-electron chi connectivity index (χ2n) is 20.1. The van der Waals surface area contributed by atoms with Crippen LogP contribution in [0, 0.1) is 0 Å². The molecule has 23 nitrogen and oxygen atoms in total. The van der Waals surface area contributed by atoms with Crippen LogP contribution in [0.4, 0.5) is 0 Å². The van der Waals surface area contributed by atoms with Crippen LogP contribution in [0.25, 0.3) is 21.8 Å². The number of H-pyrrole nitrogens is 2. The number of carbonyl (C=O) groups is 9. The standard InChI is InChI=1S/C58H72N12O11S2/c1-33(71)50(56(78)68-47(25-35-16-6-3-7-17-35)57(79)70(30-49(61)72)48(32-83)58(80)81)69-52(74)43(22-12-13-23-59)64-54(76)45(26-36-28-62-41-20-10-8-18-38(36)41)67-55(77)46(27-37-29-63-42-21-11-9-19-39(37)42)66-53(75)44(65-51(73)40(60)31-82)24-34-14-4-2-5-15-34/h2-11,14-21,28-29,33,40,43-48,50,62-63,71,82-83H,12-13,22-27,30-32,59-60H2,1H3,(H2,61,72)(H,64,76)(H,65,73)(H,66,75)(H,67,77)(H,68,78)(H,69,74)(H,80,81)/t33-,40-,43+,44+,45-,46+,47+,48-,50+/m1/s1. The number of amides is 8. The fraction of sp³-hybridized carbons (Fsp3) is 0.362. The van der Waals surface area contributed by atoms with Crippen molar-refractivity contribution >= 4 is 100 Å². The van der Waals surface area contributed by atoms with Crippen LogP contribution in [0.5, 0.6) is 0 Å². The summed E-state index contributed by atoms with van der Waals surface area (Å²) in [5.41, 5.74) is 21.2. The minimum absolute atomic E-state index is 0.0154. The van der Waals surface area contributed by atoms with Crippen molar-refractivity contribution in [3.05, 3.63) is 144 Å². The van der Waals surface area contributed by atoms with E-state index < -0.39 is 120 Å². The number of primary amides is 1. The van der Waals surface area contributed by atoms with Crippen LogP contribution in [0.2, 0.25) is 0 Å². The second kappa shape index (κ2) is 31.3. The largest absolute Gasteiger partial charge is 0.480 e. The Morgan fingerprint density at radius 1 is 0.554 bits per heavy atom. The molecule has 6 aromatic rings. The van der Waals surface area contributed by atoms with Crippen molar-refractivity contribution in [1.82, 2.24) is 46.8 Å². The van der Waals surface area contributed by atoms with Crippen LogP contribution >= 0.6 is 25.3 Å². The fourth-order valence-corrected chi connectivity index (χ4v) is 9.97. The average Bonchev–Trinajstić information content (AvgIpc) is 4.34. The Morgan fingerprint density at radius 3 is 1.45 bits per heavy atom. The SMILES string of the molecule is C[C@@H](O)[C@H](NC(=O)[C@H](CCCCN)NC(=O)[C@@H](Cc1c[nH]c2ccccc12)NC(=O)[C@H](Cc1c[nH]c2ccccc12)NC(=O)[C@H](Cc1ccccc1)NC(=O)[C@H](N)CS)C(=O)N[C@@H](Cc1ccccc1)C(=O)N(CC(N)=O)[C@H](CS)C(=O)O. The Labute approximate surface area is 490 Å². The van der Waals surface area contributed by atoms with Gasteiger partial charge < -0.3 is 74.2 Å². The molecule has 2 aromatic heterocycles. The van der Waals surface area contributed by atoms with Gasteiger partial charge in [-0.05, 0) is 67.1 Å². The minimum atomic E-state index is -1.80. The van der Waals surface area contributed by atoms with Gasteiger partial charge in [0.15, 0.2) is 0 Å². The molecule has 8 amide bonds. The van der Waals surface area contributed by atoms with E-state index in [0.29, 0.717) is 33.6 Å². The molecular formula is C58H72N12O11S2. The van der Waals surface area contributed by atoms with Crippen LogP contribution in [-0.2, 0) is 68.8 Å². The van der Waals surface area contributed by atoms with E-state index in [0.717, 1.165) is 21.8 Å². The third-order valence-electron chi connectivity index (χ3n) is 13.9. The number of nitrogens with one attached hydrogen (secondary N) is 8. The topological polar surface area (TPSA) is 379 Å². The first-order chi connectivity index (χ1) is 39.8. The Kier molecular flexibility index (Phi) is 24.1. The fourth-order valence-electron chi connectivity index (χ4n) is 9.45. The van der Waals surface area contributed by atoms with Crippen LogP contribution in [0.3, 0.4) is 0 Å². The number of aliphatic hydroxyl groups excluding tert-OH is 1. The lowest BCUT2D eigenvalue weighted by molar-refractivity contribution is -0.151. The number of nitrogens with zero attached hydrogens (tertiary/aromatic N) is 1. The van der Waals surface area contributed by atoms with Gasteiger partial charge in [-0.3, -0.25) is 38.4 Å². The molecule has 442 valence electrons. The summed E-state index contributed by atoms with van der Waals surface area (Å²) in [5, 5.41) is 38.8. The number of aliphatic carboxylic acids is 1. The number of carbonyl (C=O) groups excluding carboxylic acids is 8. The number of benzene rings is 4. The zero-order valence-electron chi connectivity index (χ0n) is 45.7. The van der Waals surface area contributed by atoms with Gasteiger partial charge >= 0.3 is 5.97 Å². The van der Waals surface area contributed by atoms with Crippen molar-refractivity contribution in [2.75, 3.05) is 24.6 Å². The van der Waals surface area contributed by atoms with E-state index in [2.05, 4.69) is 67.1 Å². The third-order valence-corrected chi connectivity index (χ3v) is 14.6. The van der Waals surface area contributed by atoms with Gasteiger partial charge in [-0.25, -0.2) is 4.79 Å². The molecule has 6 rings (SSSR count). The number of aliphatic hydroxyl groups is 1. The lowest BCUT2D eigenvalue weighted by atomic mass is 10.00. The van der Waals surface area contributed by atoms with Crippen molar-refractivity contribution in [2.24, 2.45) is 17.2 Å². The van der Waals surface area contributed by atoms with Crippen LogP contribution in [-0.4, -0.2) is 157 Å². The van der Waals surface area contributed by atoms with Gasteiger partial charge in [0, 0.05) is 71.4 Å². The monoisotopic (exact) mass is 1180 g/mol. The van der Waals surface area contributed by atoms with Gasteiger partial charge in [0.05, 0.1) is 12.1 Å². The third kappa shape index (κ3) is 18.1. The number of para-hydroxylation sites is 2. The maximum Gasteiger partial charge on any atom is 0.327 e. The number of rotatable bonds is 32. The summed E-state index contributed by atoms with van der Waals surface area (Å²) < 4.78 is 0. The first-order valence-corrected chi connectivity index (χ1v) is 28.3. The van der Waals surface area contributed by atoms with Crippen LogP contribution < -0.4 is 49.1 Å². The molecule has 83 heavy (non-hydrogen) atoms. The van der Waals surface area contributed by atoms with E-state index in [1.54, 1.807) is 79.1 Å². The van der Waals surface area contributed by atoms with Crippen molar-refractivity contribution < 1.29 is 53.4 Å². The van der Waals surface area contributed by atoms with Gasteiger partial charge in [-0.15, -0.1) is 0 Å². The number of thiol groups is 2. The number of aromatic amines is 2. The zero-order chi connectivity index (χ0) is 60.2.